The topological polar surface area (TPSA) is 79.8 Å². The van der Waals surface area contributed by atoms with Crippen molar-refractivity contribution in [1.82, 2.24) is 5.43 Å². The Bertz CT molecular complexity index is 1090. The van der Waals surface area contributed by atoms with Gasteiger partial charge in [-0.15, -0.1) is 0 Å². The van der Waals surface area contributed by atoms with Gasteiger partial charge in [-0.1, -0.05) is 59.6 Å². The normalized spacial score (nSPS) is 10.6. The van der Waals surface area contributed by atoms with Crippen molar-refractivity contribution in [3.63, 3.8) is 0 Å². The molecule has 0 atom stereocenters. The second-order valence-electron chi connectivity index (χ2n) is 6.12. The number of carbonyl (C=O) groups excluding carboxylic acids is 2. The molecule has 0 aromatic heterocycles. The van der Waals surface area contributed by atoms with Crippen LogP contribution in [0.3, 0.4) is 0 Å². The Morgan fingerprint density at radius 3 is 2.53 bits per heavy atom. The zero-order chi connectivity index (χ0) is 21.3. The van der Waals surface area contributed by atoms with Crippen LogP contribution < -0.4 is 15.5 Å². The number of hydrazone groups is 1. The number of ether oxygens (including phenoxy) is 1. The summed E-state index contributed by atoms with van der Waals surface area (Å²) in [7, 11) is 0. The van der Waals surface area contributed by atoms with Crippen LogP contribution in [0.4, 0.5) is 5.69 Å². The molecule has 0 unspecified atom stereocenters. The Hall–Kier alpha value is -3.35. The van der Waals surface area contributed by atoms with Gasteiger partial charge >= 0.3 is 11.8 Å². The van der Waals surface area contributed by atoms with E-state index in [-0.39, 0.29) is 0 Å². The minimum absolute atomic E-state index is 0.320. The summed E-state index contributed by atoms with van der Waals surface area (Å²) in [4.78, 5) is 23.8. The fraction of sp³-hybridized carbons (Fsp3) is 0.0455. The fourth-order valence-corrected chi connectivity index (χ4v) is 2.81. The van der Waals surface area contributed by atoms with Gasteiger partial charge < -0.3 is 10.1 Å². The largest absolute Gasteiger partial charge is 0.489 e. The van der Waals surface area contributed by atoms with Crippen molar-refractivity contribution in [2.45, 2.75) is 6.61 Å². The summed E-state index contributed by atoms with van der Waals surface area (Å²) < 4.78 is 5.75. The number of nitrogens with one attached hydrogen (secondary N) is 2. The molecule has 3 aromatic carbocycles. The number of hydrogen-bond acceptors (Lipinski definition) is 4. The lowest BCUT2D eigenvalue weighted by atomic mass is 10.2. The van der Waals surface area contributed by atoms with Crippen LogP contribution in [0.1, 0.15) is 11.1 Å². The summed E-state index contributed by atoms with van der Waals surface area (Å²) >= 11 is 12.0. The van der Waals surface area contributed by atoms with Crippen molar-refractivity contribution in [2.24, 2.45) is 5.10 Å². The first-order valence-electron chi connectivity index (χ1n) is 8.87. The molecule has 0 aliphatic rings. The smallest absolute Gasteiger partial charge is 0.329 e. The van der Waals surface area contributed by atoms with Gasteiger partial charge in [0, 0.05) is 21.3 Å². The number of rotatable bonds is 6. The number of anilines is 1. The summed E-state index contributed by atoms with van der Waals surface area (Å²) in [6.07, 6.45) is 1.41. The second-order valence-corrected chi connectivity index (χ2v) is 6.96. The Morgan fingerprint density at radius 1 is 0.933 bits per heavy atom. The van der Waals surface area contributed by atoms with Crippen molar-refractivity contribution in [1.29, 1.82) is 0 Å². The lowest BCUT2D eigenvalue weighted by Crippen LogP contribution is -2.32. The van der Waals surface area contributed by atoms with Gasteiger partial charge in [0.05, 0.1) is 6.21 Å². The van der Waals surface area contributed by atoms with Gasteiger partial charge in [-0.05, 0) is 42.0 Å². The first kappa shape index (κ1) is 21.4. The van der Waals surface area contributed by atoms with E-state index in [2.05, 4.69) is 15.8 Å². The molecule has 30 heavy (non-hydrogen) atoms. The highest BCUT2D eigenvalue weighted by molar-refractivity contribution is 6.39. The van der Waals surface area contributed by atoms with E-state index in [4.69, 9.17) is 27.9 Å². The van der Waals surface area contributed by atoms with Crippen LogP contribution in [0.2, 0.25) is 10.0 Å². The summed E-state index contributed by atoms with van der Waals surface area (Å²) in [5.74, 6) is -1.15. The monoisotopic (exact) mass is 441 g/mol. The summed E-state index contributed by atoms with van der Waals surface area (Å²) in [5, 5.41) is 7.32. The molecule has 6 nitrogen and oxygen atoms in total. The average Bonchev–Trinajstić information content (AvgIpc) is 2.73. The highest BCUT2D eigenvalue weighted by Crippen LogP contribution is 2.19. The number of hydrogen-bond donors (Lipinski definition) is 2. The standard InChI is InChI=1S/C22H17Cl2N3O3/c23-17-7-4-8-18(12-17)26-21(28)22(29)27-25-13-15-5-3-9-19(11-15)30-14-16-6-1-2-10-20(16)24/h1-13H,14H2,(H,26,28)(H,27,29)/b25-13-. The van der Waals surface area contributed by atoms with Crippen molar-refractivity contribution < 1.29 is 14.3 Å². The van der Waals surface area contributed by atoms with E-state index < -0.39 is 11.8 Å². The predicted molar refractivity (Wildman–Crippen MR) is 118 cm³/mol. The molecule has 0 bridgehead atoms. The Kier molecular flexibility index (Phi) is 7.43. The third kappa shape index (κ3) is 6.34. The van der Waals surface area contributed by atoms with E-state index in [9.17, 15) is 9.59 Å². The molecule has 0 radical (unpaired) electrons. The number of amides is 2. The zero-order valence-corrected chi connectivity index (χ0v) is 17.2. The first-order valence-corrected chi connectivity index (χ1v) is 9.63. The number of carbonyl (C=O) groups is 2. The van der Waals surface area contributed by atoms with Gasteiger partial charge in [0.1, 0.15) is 12.4 Å². The molecule has 3 rings (SSSR count). The molecular weight excluding hydrogens is 425 g/mol. The lowest BCUT2D eigenvalue weighted by molar-refractivity contribution is -0.136. The molecule has 3 aromatic rings. The fourth-order valence-electron chi connectivity index (χ4n) is 2.43. The number of halogens is 2. The average molecular weight is 442 g/mol. The van der Waals surface area contributed by atoms with E-state index in [1.54, 1.807) is 48.5 Å². The maximum atomic E-state index is 11.9. The first-order chi connectivity index (χ1) is 14.5. The minimum atomic E-state index is -0.905. The van der Waals surface area contributed by atoms with Gasteiger partial charge in [-0.2, -0.15) is 5.10 Å². The Labute approximate surface area is 183 Å². The summed E-state index contributed by atoms with van der Waals surface area (Å²) in [5.41, 5.74) is 4.14. The zero-order valence-electron chi connectivity index (χ0n) is 15.6. The van der Waals surface area contributed by atoms with E-state index >= 15 is 0 Å². The highest BCUT2D eigenvalue weighted by atomic mass is 35.5. The Morgan fingerprint density at radius 2 is 1.73 bits per heavy atom. The summed E-state index contributed by atoms with van der Waals surface area (Å²) in [6.45, 7) is 0.320. The van der Waals surface area contributed by atoms with Gasteiger partial charge in [-0.25, -0.2) is 5.43 Å². The minimum Gasteiger partial charge on any atom is -0.489 e. The van der Waals surface area contributed by atoms with Gasteiger partial charge in [-0.3, -0.25) is 9.59 Å². The lowest BCUT2D eigenvalue weighted by Gasteiger charge is -2.08. The molecule has 0 saturated heterocycles. The molecule has 2 amide bonds. The third-order valence-corrected chi connectivity index (χ3v) is 4.48. The van der Waals surface area contributed by atoms with E-state index in [1.807, 2.05) is 18.2 Å². The Balaban J connectivity index is 1.53. The van der Waals surface area contributed by atoms with E-state index in [0.717, 1.165) is 5.56 Å². The molecule has 0 aliphatic heterocycles. The quantitative estimate of drug-likeness (QED) is 0.331. The van der Waals surface area contributed by atoms with Crippen LogP contribution in [0.25, 0.3) is 0 Å². The number of benzene rings is 3. The molecular formula is C22H17Cl2N3O3. The molecule has 0 fully saturated rings. The van der Waals surface area contributed by atoms with Crippen LogP contribution in [0.15, 0.2) is 77.9 Å². The third-order valence-electron chi connectivity index (χ3n) is 3.88. The molecule has 0 heterocycles. The SMILES string of the molecule is O=C(N/N=C\c1cccc(OCc2ccccc2Cl)c1)C(=O)Nc1cccc(Cl)c1. The second kappa shape index (κ2) is 10.4. The van der Waals surface area contributed by atoms with Crippen molar-refractivity contribution >= 4 is 46.9 Å². The molecule has 8 heteroatoms. The van der Waals surface area contributed by atoms with Crippen LogP contribution in [0.5, 0.6) is 5.75 Å². The molecule has 2 N–H and O–H groups in total. The van der Waals surface area contributed by atoms with Crippen LogP contribution >= 0.6 is 23.2 Å². The highest BCUT2D eigenvalue weighted by Gasteiger charge is 2.12. The molecule has 152 valence electrons. The van der Waals surface area contributed by atoms with Crippen LogP contribution in [0, 0.1) is 0 Å². The van der Waals surface area contributed by atoms with Crippen LogP contribution in [-0.4, -0.2) is 18.0 Å². The maximum Gasteiger partial charge on any atom is 0.329 e. The molecule has 0 saturated carbocycles. The maximum absolute atomic E-state index is 11.9. The van der Waals surface area contributed by atoms with Crippen molar-refractivity contribution in [3.8, 4) is 5.75 Å². The van der Waals surface area contributed by atoms with Gasteiger partial charge in [0.15, 0.2) is 0 Å². The molecule has 0 spiro atoms. The van der Waals surface area contributed by atoms with Crippen LogP contribution in [-0.2, 0) is 16.2 Å². The van der Waals surface area contributed by atoms with Crippen molar-refractivity contribution in [3.05, 3.63) is 94.0 Å². The molecule has 0 aliphatic carbocycles. The number of nitrogens with zero attached hydrogens (tertiary/aromatic N) is 1. The van der Waals surface area contributed by atoms with Gasteiger partial charge in [0.25, 0.3) is 0 Å². The predicted octanol–water partition coefficient (Wildman–Crippen LogP) is 4.66. The van der Waals surface area contributed by atoms with E-state index in [0.29, 0.717) is 33.7 Å². The summed E-state index contributed by atoms with van der Waals surface area (Å²) in [6, 6.07) is 21.0. The van der Waals surface area contributed by atoms with Gasteiger partial charge in [0.2, 0.25) is 0 Å². The van der Waals surface area contributed by atoms with E-state index in [1.165, 1.54) is 12.3 Å². The van der Waals surface area contributed by atoms with Crippen molar-refractivity contribution in [2.75, 3.05) is 5.32 Å².